The topological polar surface area (TPSA) is 12.0 Å². The third kappa shape index (κ3) is 2.96. The first kappa shape index (κ1) is 12.8. The lowest BCUT2D eigenvalue weighted by Crippen LogP contribution is -2.17. The second-order valence-corrected chi connectivity index (χ2v) is 7.12. The smallest absolute Gasteiger partial charge is 0.0472 e. The minimum absolute atomic E-state index is 0.389. The molecule has 5 heteroatoms. The van der Waals surface area contributed by atoms with Gasteiger partial charge in [-0.1, -0.05) is 0 Å². The molecular formula is C11H11Br2NS2. The number of nitrogens with one attached hydrogen (secondary N) is 1. The first-order valence-electron chi connectivity index (χ1n) is 4.83. The summed E-state index contributed by atoms with van der Waals surface area (Å²) in [5.74, 6) is 0. The Labute approximate surface area is 120 Å². The molecule has 0 spiro atoms. The molecule has 0 saturated carbocycles. The molecule has 0 aliphatic rings. The van der Waals surface area contributed by atoms with Crippen molar-refractivity contribution in [1.82, 2.24) is 5.32 Å². The zero-order valence-corrected chi connectivity index (χ0v) is 13.5. The number of rotatable bonds is 4. The maximum Gasteiger partial charge on any atom is 0.0472 e. The van der Waals surface area contributed by atoms with Crippen molar-refractivity contribution in [1.29, 1.82) is 0 Å². The van der Waals surface area contributed by atoms with Crippen LogP contribution in [0.3, 0.4) is 0 Å². The lowest BCUT2D eigenvalue weighted by atomic mass is 10.1. The molecule has 0 radical (unpaired) electrons. The van der Waals surface area contributed by atoms with Gasteiger partial charge in [0.05, 0.1) is 0 Å². The van der Waals surface area contributed by atoms with Crippen LogP contribution in [0.15, 0.2) is 31.8 Å². The van der Waals surface area contributed by atoms with E-state index in [2.05, 4.69) is 60.1 Å². The first-order chi connectivity index (χ1) is 7.70. The Morgan fingerprint density at radius 2 is 2.19 bits per heavy atom. The molecule has 16 heavy (non-hydrogen) atoms. The SMILES string of the molecule is CNC(Cc1cc(Br)cs1)c1sccc1Br. The average Bonchev–Trinajstić information content (AvgIpc) is 2.84. The van der Waals surface area contributed by atoms with Gasteiger partial charge in [-0.25, -0.2) is 0 Å². The fourth-order valence-corrected chi connectivity index (χ4v) is 4.80. The number of hydrogen-bond acceptors (Lipinski definition) is 3. The monoisotopic (exact) mass is 379 g/mol. The van der Waals surface area contributed by atoms with Crippen LogP contribution < -0.4 is 5.32 Å². The summed E-state index contributed by atoms with van der Waals surface area (Å²) in [7, 11) is 2.01. The van der Waals surface area contributed by atoms with Gasteiger partial charge in [-0.05, 0) is 56.4 Å². The Morgan fingerprint density at radius 3 is 2.69 bits per heavy atom. The Morgan fingerprint density at radius 1 is 1.38 bits per heavy atom. The van der Waals surface area contributed by atoms with Crippen molar-refractivity contribution >= 4 is 54.5 Å². The van der Waals surface area contributed by atoms with Crippen molar-refractivity contribution in [3.63, 3.8) is 0 Å². The lowest BCUT2D eigenvalue weighted by Gasteiger charge is -2.14. The summed E-state index contributed by atoms with van der Waals surface area (Å²) in [6.07, 6.45) is 1.03. The number of halogens is 2. The minimum Gasteiger partial charge on any atom is -0.312 e. The summed E-state index contributed by atoms with van der Waals surface area (Å²) in [6.45, 7) is 0. The molecule has 1 nitrogen and oxygen atoms in total. The van der Waals surface area contributed by atoms with Gasteiger partial charge in [-0.15, -0.1) is 22.7 Å². The summed E-state index contributed by atoms with van der Waals surface area (Å²) >= 11 is 10.7. The Bertz CT molecular complexity index is 464. The molecule has 2 rings (SSSR count). The molecule has 0 aliphatic carbocycles. The van der Waals surface area contributed by atoms with E-state index in [4.69, 9.17) is 0 Å². The highest BCUT2D eigenvalue weighted by Crippen LogP contribution is 2.32. The molecule has 0 aromatic carbocycles. The summed E-state index contributed by atoms with van der Waals surface area (Å²) < 4.78 is 2.38. The van der Waals surface area contributed by atoms with Crippen molar-refractivity contribution in [3.8, 4) is 0 Å². The molecule has 86 valence electrons. The van der Waals surface area contributed by atoms with Crippen LogP contribution in [-0.2, 0) is 6.42 Å². The Balaban J connectivity index is 2.15. The number of thiophene rings is 2. The van der Waals surface area contributed by atoms with Gasteiger partial charge in [0.25, 0.3) is 0 Å². The van der Waals surface area contributed by atoms with Crippen LogP contribution >= 0.6 is 54.5 Å². The molecule has 0 bridgehead atoms. The van der Waals surface area contributed by atoms with Gasteiger partial charge in [0, 0.05) is 36.5 Å². The molecule has 2 aromatic rings. The van der Waals surface area contributed by atoms with E-state index in [9.17, 15) is 0 Å². The van der Waals surface area contributed by atoms with Crippen LogP contribution in [0.4, 0.5) is 0 Å². The van der Waals surface area contributed by atoms with E-state index in [-0.39, 0.29) is 0 Å². The predicted octanol–water partition coefficient (Wildman–Crippen LogP) is 4.84. The summed E-state index contributed by atoms with van der Waals surface area (Å²) in [5, 5.41) is 7.62. The fraction of sp³-hybridized carbons (Fsp3) is 0.273. The van der Waals surface area contributed by atoms with Gasteiger partial charge >= 0.3 is 0 Å². The molecule has 1 unspecified atom stereocenters. The van der Waals surface area contributed by atoms with Crippen LogP contribution in [0.5, 0.6) is 0 Å². The highest BCUT2D eigenvalue weighted by molar-refractivity contribution is 9.10. The van der Waals surface area contributed by atoms with Crippen LogP contribution in [0.2, 0.25) is 0 Å². The lowest BCUT2D eigenvalue weighted by molar-refractivity contribution is 0.605. The number of likely N-dealkylation sites (N-methyl/N-ethyl adjacent to an activating group) is 1. The first-order valence-corrected chi connectivity index (χ1v) is 8.18. The zero-order valence-electron chi connectivity index (χ0n) is 8.67. The fourth-order valence-electron chi connectivity index (χ4n) is 1.54. The third-order valence-electron chi connectivity index (χ3n) is 2.34. The molecule has 0 fully saturated rings. The molecule has 0 amide bonds. The predicted molar refractivity (Wildman–Crippen MR) is 79.5 cm³/mol. The summed E-state index contributed by atoms with van der Waals surface area (Å²) in [6, 6.07) is 4.69. The Kier molecular flexibility index (Phi) is 4.61. The quantitative estimate of drug-likeness (QED) is 0.800. The Hall–Kier alpha value is 0.320. The van der Waals surface area contributed by atoms with Gasteiger partial charge in [0.2, 0.25) is 0 Å². The van der Waals surface area contributed by atoms with Gasteiger partial charge < -0.3 is 5.32 Å². The van der Waals surface area contributed by atoms with Gasteiger partial charge in [0.1, 0.15) is 0 Å². The van der Waals surface area contributed by atoms with Gasteiger partial charge in [0.15, 0.2) is 0 Å². The average molecular weight is 381 g/mol. The molecule has 0 saturated heterocycles. The van der Waals surface area contributed by atoms with E-state index in [1.54, 1.807) is 22.7 Å². The van der Waals surface area contributed by atoms with Crippen molar-refractivity contribution in [2.24, 2.45) is 0 Å². The van der Waals surface area contributed by atoms with E-state index in [0.717, 1.165) is 6.42 Å². The highest BCUT2D eigenvalue weighted by Gasteiger charge is 2.15. The molecule has 1 atom stereocenters. The normalized spacial score (nSPS) is 12.9. The van der Waals surface area contributed by atoms with Crippen LogP contribution in [-0.4, -0.2) is 7.05 Å². The largest absolute Gasteiger partial charge is 0.312 e. The van der Waals surface area contributed by atoms with E-state index in [1.807, 2.05) is 7.05 Å². The third-order valence-corrected chi connectivity index (χ3v) is 6.04. The molecule has 2 aromatic heterocycles. The summed E-state index contributed by atoms with van der Waals surface area (Å²) in [5.41, 5.74) is 0. The second-order valence-electron chi connectivity index (χ2n) is 3.41. The molecule has 2 heterocycles. The number of hydrogen-bond donors (Lipinski definition) is 1. The maximum absolute atomic E-state index is 3.59. The van der Waals surface area contributed by atoms with Crippen molar-refractivity contribution in [3.05, 3.63) is 41.6 Å². The minimum atomic E-state index is 0.389. The maximum atomic E-state index is 3.59. The van der Waals surface area contributed by atoms with E-state index in [1.165, 1.54) is 18.7 Å². The van der Waals surface area contributed by atoms with Crippen molar-refractivity contribution < 1.29 is 0 Å². The van der Waals surface area contributed by atoms with Crippen molar-refractivity contribution in [2.75, 3.05) is 7.05 Å². The standard InChI is InChI=1S/C11H11Br2NS2/c1-14-10(11-9(13)2-3-15-11)5-8-4-7(12)6-16-8/h2-4,6,10,14H,5H2,1H3. The van der Waals surface area contributed by atoms with Crippen LogP contribution in [0.25, 0.3) is 0 Å². The van der Waals surface area contributed by atoms with Gasteiger partial charge in [-0.3, -0.25) is 0 Å². The van der Waals surface area contributed by atoms with E-state index < -0.39 is 0 Å². The van der Waals surface area contributed by atoms with Crippen molar-refractivity contribution in [2.45, 2.75) is 12.5 Å². The molecule has 1 N–H and O–H groups in total. The van der Waals surface area contributed by atoms with Gasteiger partial charge in [-0.2, -0.15) is 0 Å². The summed E-state index contributed by atoms with van der Waals surface area (Å²) in [4.78, 5) is 2.76. The second kappa shape index (κ2) is 5.78. The van der Waals surface area contributed by atoms with E-state index >= 15 is 0 Å². The molecular weight excluding hydrogens is 370 g/mol. The van der Waals surface area contributed by atoms with E-state index in [0.29, 0.717) is 6.04 Å². The van der Waals surface area contributed by atoms with Crippen LogP contribution in [0, 0.1) is 0 Å². The molecule has 0 aliphatic heterocycles. The zero-order chi connectivity index (χ0) is 11.5. The van der Waals surface area contributed by atoms with Crippen LogP contribution in [0.1, 0.15) is 15.8 Å². The highest BCUT2D eigenvalue weighted by atomic mass is 79.9.